The van der Waals surface area contributed by atoms with Crippen LogP contribution in [0.15, 0.2) is 11.2 Å². The Bertz CT molecular complexity index is 568. The Morgan fingerprint density at radius 3 is 2.82 bits per heavy atom. The van der Waals surface area contributed by atoms with Gasteiger partial charge in [0, 0.05) is 47.0 Å². The molecule has 1 heterocycles. The molecule has 0 unspecified atom stereocenters. The van der Waals surface area contributed by atoms with Crippen molar-refractivity contribution in [1.29, 1.82) is 0 Å². The second kappa shape index (κ2) is 9.42. The molecule has 0 fully saturated rings. The maximum absolute atomic E-state index is 11.0. The number of nitrogens with two attached hydrogens (primary N) is 1. The van der Waals surface area contributed by atoms with Crippen LogP contribution in [0.4, 0.5) is 0 Å². The molecule has 0 saturated heterocycles. The third-order valence-electron chi connectivity index (χ3n) is 2.83. The Labute approximate surface area is 155 Å². The van der Waals surface area contributed by atoms with Gasteiger partial charge in [0.15, 0.2) is 5.96 Å². The lowest BCUT2D eigenvalue weighted by atomic mass is 10.1. The minimum atomic E-state index is -0.334. The van der Waals surface area contributed by atoms with Crippen LogP contribution < -0.4 is 5.73 Å². The molecule has 0 bridgehead atoms. The van der Waals surface area contributed by atoms with E-state index in [0.29, 0.717) is 16.8 Å². The van der Waals surface area contributed by atoms with Gasteiger partial charge in [-0.25, -0.2) is 4.99 Å². The highest BCUT2D eigenvalue weighted by Gasteiger charge is 2.14. The van der Waals surface area contributed by atoms with E-state index in [4.69, 9.17) is 8.80 Å². The van der Waals surface area contributed by atoms with Crippen LogP contribution in [0.25, 0.3) is 0 Å². The van der Waals surface area contributed by atoms with E-state index in [2.05, 4.69) is 9.98 Å². The Morgan fingerprint density at radius 1 is 1.59 bits per heavy atom. The van der Waals surface area contributed by atoms with Gasteiger partial charge < -0.3 is 23.9 Å². The van der Waals surface area contributed by atoms with Crippen molar-refractivity contribution >= 4 is 55.3 Å². The fraction of sp³-hybridized carbons (Fsp3) is 0.417. The number of hydrogen-bond acceptors (Lipinski definition) is 6. The number of guanidine groups is 1. The molecule has 0 radical (unpaired) electrons. The number of carbonyl (C=O) groups excluding carboxylic acids is 1. The minimum absolute atomic E-state index is 0.0375. The largest absolute Gasteiger partial charge is 0.506 e. The van der Waals surface area contributed by atoms with Gasteiger partial charge in [0.2, 0.25) is 3.79 Å². The summed E-state index contributed by atoms with van der Waals surface area (Å²) in [5.41, 5.74) is 7.00. The number of aliphatic imine (C=N–C) groups is 1. The summed E-state index contributed by atoms with van der Waals surface area (Å²) in [6.45, 7) is 0.0707. The summed E-state index contributed by atoms with van der Waals surface area (Å²) in [5.74, 6) is 0.0362. The van der Waals surface area contributed by atoms with Crippen molar-refractivity contribution in [2.45, 2.75) is 19.8 Å². The molecule has 4 N–H and O–H groups in total. The van der Waals surface area contributed by atoms with Gasteiger partial charge in [-0.3, -0.25) is 9.78 Å². The van der Waals surface area contributed by atoms with Crippen LogP contribution in [0.1, 0.15) is 16.8 Å². The van der Waals surface area contributed by atoms with Crippen LogP contribution in [0, 0.1) is 0 Å². The monoisotopic (exact) mass is 534 g/mol. The number of halogens is 2. The van der Waals surface area contributed by atoms with E-state index >= 15 is 0 Å². The first-order valence-corrected chi connectivity index (χ1v) is 8.09. The molecular weight excluding hydrogens is 518 g/mol. The maximum atomic E-state index is 11.0. The highest BCUT2D eigenvalue weighted by atomic mass is 127. The summed E-state index contributed by atoms with van der Waals surface area (Å²) in [6.07, 6.45) is 1.52. The van der Waals surface area contributed by atoms with Crippen LogP contribution >= 0.6 is 45.6 Å². The van der Waals surface area contributed by atoms with Crippen molar-refractivity contribution in [2.24, 2.45) is 10.7 Å². The van der Waals surface area contributed by atoms with E-state index in [-0.39, 0.29) is 41.8 Å². The quantitative estimate of drug-likeness (QED) is 0.206. The summed E-state index contributed by atoms with van der Waals surface area (Å²) in [4.78, 5) is 20.7. The van der Waals surface area contributed by atoms with Gasteiger partial charge >= 0.3 is 0 Å². The smallest absolute Gasteiger partial charge is 0.211 e. The summed E-state index contributed by atoms with van der Waals surface area (Å²) < 4.78 is 4.89. The number of aliphatic hydroxyl groups is 1. The first kappa shape index (κ1) is 19.3. The highest BCUT2D eigenvalue weighted by Crippen LogP contribution is 2.25. The Morgan fingerprint density at radius 2 is 2.27 bits per heavy atom. The Hall–Kier alpha value is -0.730. The van der Waals surface area contributed by atoms with Crippen molar-refractivity contribution in [3.8, 4) is 5.75 Å². The number of nitrogens with zero attached hydrogens (tertiary/aromatic N) is 3. The zero-order chi connectivity index (χ0) is 16.7. The summed E-state index contributed by atoms with van der Waals surface area (Å²) >= 11 is 3.40. The molecule has 1 aromatic rings. The minimum Gasteiger partial charge on any atom is -0.506 e. The first-order valence-electron chi connectivity index (χ1n) is 6.13. The van der Waals surface area contributed by atoms with E-state index in [0.717, 1.165) is 0 Å². The topological polar surface area (TPSA) is 121 Å². The molecule has 0 spiro atoms. The number of likely N-dealkylation sites (N-methyl/N-ethyl adjacent to an activating group) is 1. The van der Waals surface area contributed by atoms with Crippen LogP contribution in [-0.2, 0) is 27.6 Å². The second-order valence-electron chi connectivity index (χ2n) is 4.35. The maximum Gasteiger partial charge on any atom is 0.211 e. The predicted molar refractivity (Wildman–Crippen MR) is 97.6 cm³/mol. The van der Waals surface area contributed by atoms with E-state index < -0.39 is 0 Å². The van der Waals surface area contributed by atoms with E-state index in [1.807, 2.05) is 0 Å². The molecule has 0 aliphatic rings. The standard InChI is InChI=1S/C12H16I2N4O4/c1-18(4-10(13)20)12(15)17-3-9-11(21)8(5-19)7(2-16-9)6-22-14/h2,19,21H,3-6H2,1H3,(H2,15,17). The molecule has 0 saturated carbocycles. The predicted octanol–water partition coefficient (Wildman–Crippen LogP) is 0.854. The highest BCUT2D eigenvalue weighted by molar-refractivity contribution is 14.1. The number of aliphatic hydroxyl groups excluding tert-OH is 1. The SMILES string of the molecule is CN(CC(=O)I)C(N)=NCc1ncc(COI)c(CO)c1O. The zero-order valence-corrected chi connectivity index (χ0v) is 16.1. The molecule has 1 aromatic heterocycles. The summed E-state index contributed by atoms with van der Waals surface area (Å²) in [7, 11) is 1.64. The number of carbonyl (C=O) groups is 1. The van der Waals surface area contributed by atoms with Crippen LogP contribution in [0.3, 0.4) is 0 Å². The van der Waals surface area contributed by atoms with Gasteiger partial charge in [-0.15, -0.1) is 0 Å². The Kier molecular flexibility index (Phi) is 8.27. The fourth-order valence-electron chi connectivity index (χ4n) is 1.64. The van der Waals surface area contributed by atoms with Crippen LogP contribution in [0.2, 0.25) is 0 Å². The molecular formula is C12H16I2N4O4. The molecule has 8 nitrogen and oxygen atoms in total. The average Bonchev–Trinajstić information content (AvgIpc) is 2.46. The van der Waals surface area contributed by atoms with Crippen molar-refractivity contribution in [3.05, 3.63) is 23.0 Å². The normalized spacial score (nSPS) is 11.5. The molecule has 0 aromatic carbocycles. The lowest BCUT2D eigenvalue weighted by Crippen LogP contribution is -2.36. The molecule has 122 valence electrons. The van der Waals surface area contributed by atoms with Crippen LogP contribution in [0.5, 0.6) is 5.75 Å². The lowest BCUT2D eigenvalue weighted by molar-refractivity contribution is -0.109. The number of aromatic nitrogens is 1. The molecule has 0 aliphatic carbocycles. The van der Waals surface area contributed by atoms with E-state index in [1.54, 1.807) is 52.6 Å². The van der Waals surface area contributed by atoms with E-state index in [1.165, 1.54) is 11.1 Å². The molecule has 1 rings (SSSR count). The van der Waals surface area contributed by atoms with Gasteiger partial charge in [0.1, 0.15) is 34.4 Å². The van der Waals surface area contributed by atoms with Gasteiger partial charge in [-0.05, 0) is 0 Å². The molecule has 0 amide bonds. The summed E-state index contributed by atoms with van der Waals surface area (Å²) in [5, 5.41) is 19.5. The zero-order valence-electron chi connectivity index (χ0n) is 11.8. The Balaban J connectivity index is 2.92. The fourth-order valence-corrected chi connectivity index (χ4v) is 2.49. The third-order valence-corrected chi connectivity index (χ3v) is 3.49. The molecule has 22 heavy (non-hydrogen) atoms. The van der Waals surface area contributed by atoms with Crippen molar-refractivity contribution < 1.29 is 18.1 Å². The van der Waals surface area contributed by atoms with Gasteiger partial charge in [0.25, 0.3) is 0 Å². The van der Waals surface area contributed by atoms with Gasteiger partial charge in [0.05, 0.1) is 26.3 Å². The second-order valence-corrected chi connectivity index (χ2v) is 6.18. The number of pyridine rings is 1. The average molecular weight is 534 g/mol. The lowest BCUT2D eigenvalue weighted by Gasteiger charge is -2.16. The number of rotatable bonds is 7. The van der Waals surface area contributed by atoms with Crippen LogP contribution in [-0.4, -0.2) is 43.4 Å². The van der Waals surface area contributed by atoms with Gasteiger partial charge in [-0.2, -0.15) is 0 Å². The van der Waals surface area contributed by atoms with Crippen molar-refractivity contribution in [1.82, 2.24) is 9.88 Å². The van der Waals surface area contributed by atoms with E-state index in [9.17, 15) is 15.0 Å². The molecule has 0 atom stereocenters. The van der Waals surface area contributed by atoms with Gasteiger partial charge in [-0.1, -0.05) is 0 Å². The number of aromatic hydroxyl groups is 1. The molecule has 10 heteroatoms. The third kappa shape index (κ3) is 5.48. The number of hydrogen-bond donors (Lipinski definition) is 3. The summed E-state index contributed by atoms with van der Waals surface area (Å²) in [6, 6.07) is 0. The van der Waals surface area contributed by atoms with Crippen molar-refractivity contribution in [2.75, 3.05) is 13.6 Å². The first-order chi connectivity index (χ1) is 10.4. The van der Waals surface area contributed by atoms with Crippen molar-refractivity contribution in [3.63, 3.8) is 0 Å². The molecule has 0 aliphatic heterocycles.